The maximum atomic E-state index is 5.49. The summed E-state index contributed by atoms with van der Waals surface area (Å²) in [7, 11) is 0. The summed E-state index contributed by atoms with van der Waals surface area (Å²) in [6.07, 6.45) is 6.54. The van der Waals surface area contributed by atoms with E-state index in [0.717, 1.165) is 25.2 Å². The molecule has 3 heteroatoms. The molecule has 3 nitrogen and oxygen atoms in total. The molecule has 0 aromatic carbocycles. The van der Waals surface area contributed by atoms with Gasteiger partial charge in [0.05, 0.1) is 6.61 Å². The summed E-state index contributed by atoms with van der Waals surface area (Å²) >= 11 is 0. The van der Waals surface area contributed by atoms with Crippen molar-refractivity contribution in [2.75, 3.05) is 32.8 Å². The zero-order valence-corrected chi connectivity index (χ0v) is 12.2. The van der Waals surface area contributed by atoms with Gasteiger partial charge in [-0.05, 0) is 64.6 Å². The Morgan fingerprint density at radius 3 is 2.89 bits per heavy atom. The van der Waals surface area contributed by atoms with Crippen LogP contribution < -0.4 is 5.32 Å². The SMILES string of the molecule is CCCN1CCCC(NC(C)C2CCOC2)CC1. The van der Waals surface area contributed by atoms with Crippen LogP contribution >= 0.6 is 0 Å². The first-order valence-corrected chi connectivity index (χ1v) is 7.85. The number of likely N-dealkylation sites (tertiary alicyclic amines) is 1. The van der Waals surface area contributed by atoms with Crippen LogP contribution in [0.25, 0.3) is 0 Å². The molecule has 2 saturated heterocycles. The molecule has 2 aliphatic rings. The predicted octanol–water partition coefficient (Wildman–Crippen LogP) is 2.27. The topological polar surface area (TPSA) is 24.5 Å². The Morgan fingerprint density at radius 2 is 2.17 bits per heavy atom. The van der Waals surface area contributed by atoms with Gasteiger partial charge in [0.2, 0.25) is 0 Å². The quantitative estimate of drug-likeness (QED) is 0.814. The number of ether oxygens (including phenoxy) is 1. The third-order valence-corrected chi connectivity index (χ3v) is 4.53. The van der Waals surface area contributed by atoms with E-state index >= 15 is 0 Å². The Labute approximate surface area is 112 Å². The summed E-state index contributed by atoms with van der Waals surface area (Å²) in [4.78, 5) is 2.63. The predicted molar refractivity (Wildman–Crippen MR) is 75.9 cm³/mol. The van der Waals surface area contributed by atoms with E-state index in [1.807, 2.05) is 0 Å². The highest BCUT2D eigenvalue weighted by atomic mass is 16.5. The molecule has 0 bridgehead atoms. The van der Waals surface area contributed by atoms with Gasteiger partial charge in [-0.1, -0.05) is 6.92 Å². The Bertz CT molecular complexity index is 229. The van der Waals surface area contributed by atoms with Crippen LogP contribution in [0, 0.1) is 5.92 Å². The van der Waals surface area contributed by atoms with Gasteiger partial charge in [0.25, 0.3) is 0 Å². The van der Waals surface area contributed by atoms with Gasteiger partial charge in [0, 0.05) is 18.7 Å². The van der Waals surface area contributed by atoms with Crippen LogP contribution in [0.2, 0.25) is 0 Å². The van der Waals surface area contributed by atoms with E-state index in [0.29, 0.717) is 6.04 Å². The summed E-state index contributed by atoms with van der Waals surface area (Å²) < 4.78 is 5.49. The van der Waals surface area contributed by atoms with Gasteiger partial charge in [-0.3, -0.25) is 0 Å². The molecule has 2 rings (SSSR count). The van der Waals surface area contributed by atoms with Crippen molar-refractivity contribution in [3.8, 4) is 0 Å². The second kappa shape index (κ2) is 7.46. The average Bonchev–Trinajstić information content (AvgIpc) is 2.81. The fraction of sp³-hybridized carbons (Fsp3) is 1.00. The Morgan fingerprint density at radius 1 is 1.28 bits per heavy atom. The molecule has 3 atom stereocenters. The third-order valence-electron chi connectivity index (χ3n) is 4.53. The van der Waals surface area contributed by atoms with Crippen molar-refractivity contribution in [2.24, 2.45) is 5.92 Å². The van der Waals surface area contributed by atoms with Crippen LogP contribution in [0.5, 0.6) is 0 Å². The maximum Gasteiger partial charge on any atom is 0.0509 e. The molecule has 18 heavy (non-hydrogen) atoms. The first kappa shape index (κ1) is 14.3. The number of nitrogens with zero attached hydrogens (tertiary/aromatic N) is 1. The first-order valence-electron chi connectivity index (χ1n) is 7.85. The Balaban J connectivity index is 1.72. The van der Waals surface area contributed by atoms with Crippen molar-refractivity contribution in [3.63, 3.8) is 0 Å². The summed E-state index contributed by atoms with van der Waals surface area (Å²) in [6.45, 7) is 10.4. The molecular weight excluding hydrogens is 224 g/mol. The van der Waals surface area contributed by atoms with E-state index in [1.54, 1.807) is 0 Å². The molecule has 2 fully saturated rings. The molecule has 0 aromatic heterocycles. The fourth-order valence-electron chi connectivity index (χ4n) is 3.32. The van der Waals surface area contributed by atoms with Gasteiger partial charge < -0.3 is 15.0 Å². The lowest BCUT2D eigenvalue weighted by molar-refractivity contribution is 0.175. The molecule has 0 spiro atoms. The van der Waals surface area contributed by atoms with Crippen LogP contribution in [0.4, 0.5) is 0 Å². The molecule has 3 unspecified atom stereocenters. The van der Waals surface area contributed by atoms with Gasteiger partial charge in [-0.25, -0.2) is 0 Å². The van der Waals surface area contributed by atoms with Crippen molar-refractivity contribution in [1.82, 2.24) is 10.2 Å². The Hall–Kier alpha value is -0.120. The average molecular weight is 254 g/mol. The summed E-state index contributed by atoms with van der Waals surface area (Å²) in [5, 5.41) is 3.86. The molecular formula is C15H30N2O. The summed E-state index contributed by atoms with van der Waals surface area (Å²) in [5.41, 5.74) is 0. The zero-order chi connectivity index (χ0) is 12.8. The lowest BCUT2D eigenvalue weighted by Gasteiger charge is -2.26. The van der Waals surface area contributed by atoms with E-state index in [-0.39, 0.29) is 0 Å². The second-order valence-corrected chi connectivity index (χ2v) is 6.05. The first-order chi connectivity index (χ1) is 8.79. The molecule has 2 aliphatic heterocycles. The normalized spacial score (nSPS) is 32.3. The number of rotatable bonds is 5. The molecule has 0 aromatic rings. The van der Waals surface area contributed by atoms with Crippen molar-refractivity contribution in [2.45, 2.75) is 58.0 Å². The summed E-state index contributed by atoms with van der Waals surface area (Å²) in [5.74, 6) is 0.736. The maximum absolute atomic E-state index is 5.49. The van der Waals surface area contributed by atoms with E-state index in [9.17, 15) is 0 Å². The van der Waals surface area contributed by atoms with Gasteiger partial charge >= 0.3 is 0 Å². The fourth-order valence-corrected chi connectivity index (χ4v) is 3.32. The van der Waals surface area contributed by atoms with Crippen molar-refractivity contribution >= 4 is 0 Å². The van der Waals surface area contributed by atoms with Crippen LogP contribution in [0.1, 0.15) is 46.0 Å². The van der Waals surface area contributed by atoms with E-state index < -0.39 is 0 Å². The largest absolute Gasteiger partial charge is 0.381 e. The third kappa shape index (κ3) is 4.22. The van der Waals surface area contributed by atoms with Crippen molar-refractivity contribution in [1.29, 1.82) is 0 Å². The minimum Gasteiger partial charge on any atom is -0.381 e. The minimum absolute atomic E-state index is 0.621. The van der Waals surface area contributed by atoms with E-state index in [2.05, 4.69) is 24.1 Å². The van der Waals surface area contributed by atoms with Crippen LogP contribution in [0.15, 0.2) is 0 Å². The molecule has 0 amide bonds. The van der Waals surface area contributed by atoms with E-state index in [4.69, 9.17) is 4.74 Å². The van der Waals surface area contributed by atoms with Crippen molar-refractivity contribution in [3.05, 3.63) is 0 Å². The molecule has 0 radical (unpaired) electrons. The highest BCUT2D eigenvalue weighted by molar-refractivity contribution is 4.82. The van der Waals surface area contributed by atoms with Crippen LogP contribution in [-0.4, -0.2) is 49.8 Å². The zero-order valence-electron chi connectivity index (χ0n) is 12.2. The standard InChI is InChI=1S/C15H30N2O/c1-3-8-17-9-4-5-15(6-10-17)16-13(2)14-7-11-18-12-14/h13-16H,3-12H2,1-2H3. The monoisotopic (exact) mass is 254 g/mol. The highest BCUT2D eigenvalue weighted by Gasteiger charge is 2.25. The lowest BCUT2D eigenvalue weighted by Crippen LogP contribution is -2.41. The van der Waals surface area contributed by atoms with Crippen LogP contribution in [0.3, 0.4) is 0 Å². The van der Waals surface area contributed by atoms with Crippen molar-refractivity contribution < 1.29 is 4.74 Å². The smallest absolute Gasteiger partial charge is 0.0509 e. The van der Waals surface area contributed by atoms with Gasteiger partial charge in [-0.15, -0.1) is 0 Å². The number of nitrogens with one attached hydrogen (secondary N) is 1. The Kier molecular flexibility index (Phi) is 5.93. The summed E-state index contributed by atoms with van der Waals surface area (Å²) in [6, 6.07) is 1.35. The molecule has 0 saturated carbocycles. The minimum atomic E-state index is 0.621. The lowest BCUT2D eigenvalue weighted by atomic mass is 9.98. The molecule has 1 N–H and O–H groups in total. The highest BCUT2D eigenvalue weighted by Crippen LogP contribution is 2.19. The molecule has 0 aliphatic carbocycles. The van der Waals surface area contributed by atoms with Gasteiger partial charge in [0.1, 0.15) is 0 Å². The molecule has 106 valence electrons. The van der Waals surface area contributed by atoms with E-state index in [1.165, 1.54) is 51.7 Å². The molecule has 2 heterocycles. The van der Waals surface area contributed by atoms with Gasteiger partial charge in [0.15, 0.2) is 0 Å². The van der Waals surface area contributed by atoms with Gasteiger partial charge in [-0.2, -0.15) is 0 Å². The van der Waals surface area contributed by atoms with Crippen LogP contribution in [-0.2, 0) is 4.74 Å². The second-order valence-electron chi connectivity index (χ2n) is 6.05. The number of hydrogen-bond donors (Lipinski definition) is 1. The number of hydrogen-bond acceptors (Lipinski definition) is 3.